The topological polar surface area (TPSA) is 143 Å². The van der Waals surface area contributed by atoms with E-state index in [4.69, 9.17) is 24.3 Å². The Morgan fingerprint density at radius 3 is 1.74 bits per heavy atom. The van der Waals surface area contributed by atoms with Gasteiger partial charge in [0.1, 0.15) is 5.84 Å². The van der Waals surface area contributed by atoms with Crippen LogP contribution in [0.4, 0.5) is 28.4 Å². The van der Waals surface area contributed by atoms with E-state index in [1.54, 1.807) is 36.6 Å². The Hall–Kier alpha value is -6.40. The van der Waals surface area contributed by atoms with E-state index in [0.29, 0.717) is 11.4 Å². The number of imidazole rings is 2. The van der Waals surface area contributed by atoms with Crippen LogP contribution in [0.1, 0.15) is 48.0 Å². The third-order valence-electron chi connectivity index (χ3n) is 8.88. The monoisotopic (exact) mass is 667 g/mol. The number of fused-ring (bicyclic) bond motifs is 3. The fourth-order valence-corrected chi connectivity index (χ4v) is 6.36. The van der Waals surface area contributed by atoms with E-state index in [-0.39, 0.29) is 19.2 Å². The van der Waals surface area contributed by atoms with Crippen molar-refractivity contribution in [2.24, 2.45) is 5.73 Å². The first-order valence-electron chi connectivity index (χ1n) is 16.0. The van der Waals surface area contributed by atoms with E-state index >= 15 is 0 Å². The van der Waals surface area contributed by atoms with Crippen LogP contribution in [0.3, 0.4) is 0 Å². The molecule has 3 aromatic carbocycles. The fraction of sp³-hybridized carbons (Fsp3) is 0.263. The number of nitrogen functional groups attached to an aromatic ring is 1. The lowest BCUT2D eigenvalue weighted by Crippen LogP contribution is -2.25. The Kier molecular flexibility index (Phi) is 10.9. The Labute approximate surface area is 292 Å². The molecule has 1 amide bonds. The Morgan fingerprint density at radius 1 is 0.780 bits per heavy atom. The fourth-order valence-electron chi connectivity index (χ4n) is 6.36. The minimum atomic E-state index is 0. The maximum atomic E-state index is 11.3. The number of hydrogen-bond acceptors (Lipinski definition) is 6. The van der Waals surface area contributed by atoms with Gasteiger partial charge in [-0.2, -0.15) is 0 Å². The molecule has 0 radical (unpaired) electrons. The number of aromatic nitrogens is 4. The summed E-state index contributed by atoms with van der Waals surface area (Å²) < 4.78 is 0. The first-order valence-corrected chi connectivity index (χ1v) is 16.0. The molecular formula is C38H41N11O. The largest absolute Gasteiger partial charge is 0.384 e. The summed E-state index contributed by atoms with van der Waals surface area (Å²) in [4.78, 5) is 38.7. The van der Waals surface area contributed by atoms with Crippen molar-refractivity contribution < 1.29 is 4.79 Å². The molecule has 12 heteroatoms. The first-order chi connectivity index (χ1) is 23.8. The lowest BCUT2D eigenvalue weighted by atomic mass is 10.1. The Bertz CT molecular complexity index is 2040. The van der Waals surface area contributed by atoms with Gasteiger partial charge in [-0.05, 0) is 54.2 Å². The molecule has 0 atom stereocenters. The molecule has 3 aliphatic rings. The highest BCUT2D eigenvalue weighted by Crippen LogP contribution is 2.34. The summed E-state index contributed by atoms with van der Waals surface area (Å²) in [5.74, 6) is 0.164. The molecule has 254 valence electrons. The molecule has 0 fully saturated rings. The lowest BCUT2D eigenvalue weighted by Gasteiger charge is -2.18. The van der Waals surface area contributed by atoms with E-state index in [1.165, 1.54) is 22.5 Å². The maximum Gasteiger partial charge on any atom is 0.223 e. The van der Waals surface area contributed by atoms with Gasteiger partial charge in [0.15, 0.2) is 11.4 Å². The number of nitrogens with zero attached hydrogens (tertiary/aromatic N) is 7. The zero-order valence-corrected chi connectivity index (χ0v) is 27.3. The molecule has 0 aliphatic carbocycles. The van der Waals surface area contributed by atoms with Crippen molar-refractivity contribution in [2.45, 2.75) is 46.7 Å². The number of rotatable bonds is 5. The maximum absolute atomic E-state index is 11.3. The highest BCUT2D eigenvalue weighted by atomic mass is 16.2. The molecule has 0 spiro atoms. The molecule has 50 heavy (non-hydrogen) atoms. The summed E-state index contributed by atoms with van der Waals surface area (Å²) >= 11 is 0. The number of amidine groups is 1. The molecular weight excluding hydrogens is 626 g/mol. The molecule has 0 bridgehead atoms. The van der Waals surface area contributed by atoms with Gasteiger partial charge < -0.3 is 30.4 Å². The molecule has 5 N–H and O–H groups in total. The van der Waals surface area contributed by atoms with E-state index < -0.39 is 0 Å². The summed E-state index contributed by atoms with van der Waals surface area (Å²) in [7, 11) is 0. The van der Waals surface area contributed by atoms with Gasteiger partial charge in [-0.25, -0.2) is 19.7 Å². The van der Waals surface area contributed by atoms with Gasteiger partial charge in [0.2, 0.25) is 5.91 Å². The molecule has 0 unspecified atom stereocenters. The molecule has 5 aromatic rings. The number of nitrogens with two attached hydrogens (primary N) is 1. The predicted molar refractivity (Wildman–Crippen MR) is 198 cm³/mol. The van der Waals surface area contributed by atoms with Gasteiger partial charge in [0, 0.05) is 61.6 Å². The summed E-state index contributed by atoms with van der Waals surface area (Å²) in [6.45, 7) is 19.9. The minimum absolute atomic E-state index is 0. The standard InChI is InChI=1S/C13H15N5.C13H12N4.C11H10N2O.CH4/c14-13(15)10-2-1-9-3-4-18(12(9)5-10)7-11-6-16-8-17-11;1-14-11-3-2-10-4-5-17(13(10)6-11)8-12-7-15-9-16-12;1-8(14)13-6-5-9-3-4-10(12-2)7-11(9)13;/h1-2,5-6,8H,3-4,7H2,(H3,14,15)(H,16,17);2-3,6-7,9H,4-5,8H2,(H,15,16);3-4,7H,5-6H2,1H3;1H4. The normalized spacial score (nSPS) is 13.3. The van der Waals surface area contributed by atoms with Crippen LogP contribution in [0.15, 0.2) is 79.6 Å². The molecule has 12 nitrogen and oxygen atoms in total. The molecule has 2 aromatic heterocycles. The second-order valence-electron chi connectivity index (χ2n) is 12.0. The van der Waals surface area contributed by atoms with Crippen LogP contribution in [0.5, 0.6) is 0 Å². The van der Waals surface area contributed by atoms with E-state index in [0.717, 1.165) is 80.2 Å². The third kappa shape index (κ3) is 7.83. The SMILES string of the molecule is C.N=C(N)c1ccc2c(c1)N(Cc1cnc[nH]1)CC2.[C-]#[N+]c1ccc2c(c1)N(C(C)=O)CC2.[C-]#[N+]c1ccc2c(c1)N(Cc1cnc[nH]1)CC2. The quantitative estimate of drug-likeness (QED) is 0.0950. The zero-order chi connectivity index (χ0) is 34.3. The van der Waals surface area contributed by atoms with Gasteiger partial charge >= 0.3 is 0 Å². The Balaban J connectivity index is 0.000000146. The highest BCUT2D eigenvalue weighted by molar-refractivity contribution is 5.96. The third-order valence-corrected chi connectivity index (χ3v) is 8.88. The number of amides is 1. The van der Waals surface area contributed by atoms with Crippen molar-refractivity contribution in [3.05, 3.63) is 136 Å². The van der Waals surface area contributed by atoms with Gasteiger partial charge in [-0.15, -0.1) is 0 Å². The second-order valence-corrected chi connectivity index (χ2v) is 12.0. The van der Waals surface area contributed by atoms with Gasteiger partial charge in [0.25, 0.3) is 0 Å². The lowest BCUT2D eigenvalue weighted by molar-refractivity contribution is -0.116. The second kappa shape index (κ2) is 15.7. The smallest absolute Gasteiger partial charge is 0.223 e. The van der Waals surface area contributed by atoms with Crippen LogP contribution >= 0.6 is 0 Å². The zero-order valence-electron chi connectivity index (χ0n) is 27.3. The molecule has 5 heterocycles. The number of carbonyl (C=O) groups excluding carboxylic acids is 1. The average molecular weight is 668 g/mol. The average Bonchev–Trinajstić information content (AvgIpc) is 3.97. The number of anilines is 3. The van der Waals surface area contributed by atoms with Crippen LogP contribution < -0.4 is 20.4 Å². The first kappa shape index (κ1) is 34.9. The van der Waals surface area contributed by atoms with Crippen LogP contribution in [0.2, 0.25) is 0 Å². The summed E-state index contributed by atoms with van der Waals surface area (Å²) in [6, 6.07) is 17.5. The van der Waals surface area contributed by atoms with Crippen LogP contribution in [0, 0.1) is 18.6 Å². The van der Waals surface area contributed by atoms with Crippen molar-refractivity contribution in [1.29, 1.82) is 5.41 Å². The molecule has 0 saturated heterocycles. The summed E-state index contributed by atoms with van der Waals surface area (Å²) in [5.41, 5.74) is 16.9. The van der Waals surface area contributed by atoms with Gasteiger partial charge in [0.05, 0.1) is 50.3 Å². The number of aromatic amines is 2. The molecule has 8 rings (SSSR count). The number of hydrogen-bond donors (Lipinski definition) is 4. The predicted octanol–water partition coefficient (Wildman–Crippen LogP) is 6.56. The van der Waals surface area contributed by atoms with E-state index in [2.05, 4.69) is 51.6 Å². The highest BCUT2D eigenvalue weighted by Gasteiger charge is 2.23. The van der Waals surface area contributed by atoms with Crippen molar-refractivity contribution in [2.75, 3.05) is 34.3 Å². The van der Waals surface area contributed by atoms with Crippen molar-refractivity contribution in [1.82, 2.24) is 19.9 Å². The number of H-pyrrole nitrogens is 2. The summed E-state index contributed by atoms with van der Waals surface area (Å²) in [5, 5.41) is 7.50. The van der Waals surface area contributed by atoms with Crippen molar-refractivity contribution >= 4 is 40.2 Å². The number of carbonyl (C=O) groups is 1. The molecule has 3 aliphatic heterocycles. The molecule has 0 saturated carbocycles. The van der Waals surface area contributed by atoms with Crippen LogP contribution in [-0.2, 0) is 37.1 Å². The van der Waals surface area contributed by atoms with E-state index in [1.807, 2.05) is 42.7 Å². The van der Waals surface area contributed by atoms with Crippen LogP contribution in [0.25, 0.3) is 9.69 Å². The summed E-state index contributed by atoms with van der Waals surface area (Å²) in [6.07, 6.45) is 10.1. The van der Waals surface area contributed by atoms with Gasteiger partial charge in [-0.3, -0.25) is 10.2 Å². The van der Waals surface area contributed by atoms with Crippen LogP contribution in [-0.4, -0.2) is 51.3 Å². The van der Waals surface area contributed by atoms with E-state index in [9.17, 15) is 4.79 Å². The number of benzene rings is 3. The number of nitrogens with one attached hydrogen (secondary N) is 3. The minimum Gasteiger partial charge on any atom is -0.384 e. The van der Waals surface area contributed by atoms with Gasteiger partial charge in [-0.1, -0.05) is 43.8 Å². The van der Waals surface area contributed by atoms with Crippen molar-refractivity contribution in [3.63, 3.8) is 0 Å². The Morgan fingerprint density at radius 2 is 1.26 bits per heavy atom. The van der Waals surface area contributed by atoms with Crippen molar-refractivity contribution in [3.8, 4) is 0 Å².